The van der Waals surface area contributed by atoms with Crippen LogP contribution in [0.4, 0.5) is 20.4 Å². The third-order valence-corrected chi connectivity index (χ3v) is 6.33. The van der Waals surface area contributed by atoms with Gasteiger partial charge in [-0.1, -0.05) is 45.0 Å². The summed E-state index contributed by atoms with van der Waals surface area (Å²) in [4.78, 5) is 23.3. The summed E-state index contributed by atoms with van der Waals surface area (Å²) in [5.41, 5.74) is 8.18. The van der Waals surface area contributed by atoms with Crippen molar-refractivity contribution in [1.29, 1.82) is 5.41 Å². The third kappa shape index (κ3) is 5.50. The lowest BCUT2D eigenvalue weighted by molar-refractivity contribution is 0.0950. The molecule has 0 aliphatic heterocycles. The van der Waals surface area contributed by atoms with Crippen LogP contribution < -0.4 is 16.0 Å². The van der Waals surface area contributed by atoms with Gasteiger partial charge in [-0.15, -0.1) is 0 Å². The molecule has 3 rings (SSSR count). The highest BCUT2D eigenvalue weighted by atomic mass is 19.3. The minimum absolute atomic E-state index is 0.0307. The van der Waals surface area contributed by atoms with Crippen molar-refractivity contribution in [2.24, 2.45) is 5.92 Å². The molecule has 4 N–H and O–H groups in total. The van der Waals surface area contributed by atoms with E-state index in [2.05, 4.69) is 15.3 Å². The van der Waals surface area contributed by atoms with Gasteiger partial charge >= 0.3 is 0 Å². The van der Waals surface area contributed by atoms with Gasteiger partial charge < -0.3 is 21.4 Å². The number of allylic oxidation sites excluding steroid dienone is 1. The molecular weight excluding hydrogens is 462 g/mol. The van der Waals surface area contributed by atoms with E-state index in [-0.39, 0.29) is 47.2 Å². The van der Waals surface area contributed by atoms with E-state index in [1.54, 1.807) is 26.4 Å². The highest BCUT2D eigenvalue weighted by Gasteiger charge is 2.28. The van der Waals surface area contributed by atoms with Gasteiger partial charge in [0, 0.05) is 37.6 Å². The van der Waals surface area contributed by atoms with E-state index in [9.17, 15) is 13.6 Å². The lowest BCUT2D eigenvalue weighted by Gasteiger charge is -2.24. The highest BCUT2D eigenvalue weighted by molar-refractivity contribution is 6.01. The number of pyridine rings is 2. The summed E-state index contributed by atoms with van der Waals surface area (Å²) in [7, 11) is 1.59. The Balaban J connectivity index is 2.01. The van der Waals surface area contributed by atoms with Crippen LogP contribution in [-0.4, -0.2) is 29.1 Å². The fraction of sp³-hybridized carbons (Fsp3) is 0.333. The summed E-state index contributed by atoms with van der Waals surface area (Å²) in [5.74, 6) is -0.662. The molecule has 3 aromatic rings. The zero-order chi connectivity index (χ0) is 26.4. The quantitative estimate of drug-likeness (QED) is 0.315. The van der Waals surface area contributed by atoms with Crippen LogP contribution in [0, 0.1) is 11.3 Å². The number of nitrogens with two attached hydrogens (primary N) is 1. The molecule has 1 atom stereocenters. The monoisotopic (exact) mass is 494 g/mol. The summed E-state index contributed by atoms with van der Waals surface area (Å²) in [6.45, 7) is 5.80. The molecule has 9 heteroatoms. The first-order valence-corrected chi connectivity index (χ1v) is 11.9. The number of alkyl halides is 2. The summed E-state index contributed by atoms with van der Waals surface area (Å²) in [6.07, 6.45) is 2.58. The van der Waals surface area contributed by atoms with Crippen molar-refractivity contribution in [3.8, 4) is 0 Å². The second kappa shape index (κ2) is 11.7. The van der Waals surface area contributed by atoms with Gasteiger partial charge in [-0.05, 0) is 41.5 Å². The van der Waals surface area contributed by atoms with Gasteiger partial charge in [-0.2, -0.15) is 0 Å². The number of nitrogens with zero attached hydrogens (tertiary/aromatic N) is 3. The van der Waals surface area contributed by atoms with Crippen LogP contribution in [0.5, 0.6) is 0 Å². The fourth-order valence-corrected chi connectivity index (χ4v) is 4.17. The largest absolute Gasteiger partial charge is 0.383 e. The Morgan fingerprint density at radius 2 is 1.97 bits per heavy atom. The van der Waals surface area contributed by atoms with Gasteiger partial charge in [-0.3, -0.25) is 9.78 Å². The second-order valence-electron chi connectivity index (χ2n) is 8.61. The fourth-order valence-electron chi connectivity index (χ4n) is 4.17. The van der Waals surface area contributed by atoms with Crippen LogP contribution in [-0.2, 0) is 13.0 Å². The third-order valence-electron chi connectivity index (χ3n) is 6.33. The first-order chi connectivity index (χ1) is 17.2. The van der Waals surface area contributed by atoms with Gasteiger partial charge in [0.25, 0.3) is 12.3 Å². The van der Waals surface area contributed by atoms with E-state index in [1.807, 2.05) is 44.2 Å². The molecule has 0 spiro atoms. The zero-order valence-electron chi connectivity index (χ0n) is 21.0. The Morgan fingerprint density at radius 3 is 2.61 bits per heavy atom. The molecule has 0 bridgehead atoms. The number of halogens is 2. The number of hydrogen-bond acceptors (Lipinski definition) is 6. The first-order valence-electron chi connectivity index (χ1n) is 11.9. The molecule has 0 fully saturated rings. The Morgan fingerprint density at radius 1 is 1.25 bits per heavy atom. The molecule has 0 aliphatic carbocycles. The van der Waals surface area contributed by atoms with Gasteiger partial charge in [0.15, 0.2) is 0 Å². The lowest BCUT2D eigenvalue weighted by atomic mass is 9.98. The van der Waals surface area contributed by atoms with Crippen molar-refractivity contribution in [1.82, 2.24) is 15.3 Å². The lowest BCUT2D eigenvalue weighted by Crippen LogP contribution is -2.28. The summed E-state index contributed by atoms with van der Waals surface area (Å²) in [6, 6.07) is 9.40. The minimum atomic E-state index is -2.88. The Kier molecular flexibility index (Phi) is 8.68. The maximum atomic E-state index is 14.4. The SMILES string of the molecule is CCc1c(C(=O)NCc2cccc3cccnc23)c(N)nc(N(C)/C=C(\C=N)C(C)CC)c1C(F)F. The zero-order valence-corrected chi connectivity index (χ0v) is 21.0. The molecule has 0 saturated heterocycles. The summed E-state index contributed by atoms with van der Waals surface area (Å²) >= 11 is 0. The number of hydrogen-bond donors (Lipinski definition) is 3. The summed E-state index contributed by atoms with van der Waals surface area (Å²) < 4.78 is 28.7. The van der Waals surface area contributed by atoms with Crippen molar-refractivity contribution in [2.75, 3.05) is 17.7 Å². The molecular formula is C27H32F2N6O. The van der Waals surface area contributed by atoms with Gasteiger partial charge in [0.2, 0.25) is 0 Å². The molecule has 36 heavy (non-hydrogen) atoms. The van der Waals surface area contributed by atoms with Crippen LogP contribution in [0.2, 0.25) is 0 Å². The Labute approximate surface area is 209 Å². The topological polar surface area (TPSA) is 108 Å². The average molecular weight is 495 g/mol. The first kappa shape index (κ1) is 26.7. The molecule has 1 unspecified atom stereocenters. The predicted octanol–water partition coefficient (Wildman–Crippen LogP) is 5.66. The number of nitrogens with one attached hydrogen (secondary N) is 2. The summed E-state index contributed by atoms with van der Waals surface area (Å²) in [5, 5.41) is 11.4. The number of carbonyl (C=O) groups excluding carboxylic acids is 1. The smallest absolute Gasteiger partial charge is 0.267 e. The number of carbonyl (C=O) groups is 1. The molecule has 2 aromatic heterocycles. The van der Waals surface area contributed by atoms with Crippen molar-refractivity contribution >= 4 is 34.7 Å². The highest BCUT2D eigenvalue weighted by Crippen LogP contribution is 2.36. The van der Waals surface area contributed by atoms with Gasteiger partial charge in [-0.25, -0.2) is 13.8 Å². The maximum Gasteiger partial charge on any atom is 0.267 e. The van der Waals surface area contributed by atoms with Crippen molar-refractivity contribution in [3.63, 3.8) is 0 Å². The van der Waals surface area contributed by atoms with Crippen LogP contribution >= 0.6 is 0 Å². The molecule has 0 radical (unpaired) electrons. The second-order valence-corrected chi connectivity index (χ2v) is 8.61. The van der Waals surface area contributed by atoms with E-state index in [1.165, 1.54) is 11.1 Å². The minimum Gasteiger partial charge on any atom is -0.383 e. The Hall–Kier alpha value is -3.88. The molecule has 7 nitrogen and oxygen atoms in total. The van der Waals surface area contributed by atoms with Crippen LogP contribution in [0.25, 0.3) is 10.9 Å². The Bertz CT molecular complexity index is 1290. The van der Waals surface area contributed by atoms with Crippen LogP contribution in [0.3, 0.4) is 0 Å². The van der Waals surface area contributed by atoms with Crippen molar-refractivity contribution < 1.29 is 13.6 Å². The number of benzene rings is 1. The number of anilines is 2. The van der Waals surface area contributed by atoms with Crippen molar-refractivity contribution in [3.05, 3.63) is 70.6 Å². The van der Waals surface area contributed by atoms with Crippen LogP contribution in [0.1, 0.15) is 60.7 Å². The number of rotatable bonds is 10. The molecule has 0 aliphatic rings. The van der Waals surface area contributed by atoms with Gasteiger partial charge in [0.1, 0.15) is 11.6 Å². The molecule has 2 heterocycles. The van der Waals surface area contributed by atoms with Crippen LogP contribution in [0.15, 0.2) is 48.3 Å². The number of aromatic nitrogens is 2. The van der Waals surface area contributed by atoms with Crippen molar-refractivity contribution in [2.45, 2.75) is 46.6 Å². The predicted molar refractivity (Wildman–Crippen MR) is 141 cm³/mol. The number of nitrogen functional groups attached to an aromatic ring is 1. The normalized spacial score (nSPS) is 12.6. The molecule has 190 valence electrons. The van der Waals surface area contributed by atoms with E-state index in [0.29, 0.717) is 5.57 Å². The maximum absolute atomic E-state index is 14.4. The van der Waals surface area contributed by atoms with E-state index >= 15 is 0 Å². The number of fused-ring (bicyclic) bond motifs is 1. The van der Waals surface area contributed by atoms with Gasteiger partial charge in [0.05, 0.1) is 16.6 Å². The average Bonchev–Trinajstić information content (AvgIpc) is 2.88. The standard InChI is InChI=1S/C27H32F2N6O/c1-5-16(3)19(13-30)15-35(4)26-21(24(28)29)20(6-2)22(25(31)34-26)27(36)33-14-18-10-7-9-17-11-8-12-32-23(17)18/h7-13,15-16,24,30H,5-6,14H2,1-4H3,(H2,31,34)(H,33,36)/b19-15+,30-13?. The van der Waals surface area contributed by atoms with E-state index in [0.717, 1.165) is 22.9 Å². The van der Waals surface area contributed by atoms with E-state index < -0.39 is 12.3 Å². The molecule has 1 amide bonds. The molecule has 0 saturated carbocycles. The van der Waals surface area contributed by atoms with E-state index in [4.69, 9.17) is 11.1 Å². The number of para-hydroxylation sites is 1. The molecule has 1 aromatic carbocycles. The number of amides is 1.